The average molecular weight is 566 g/mol. The van der Waals surface area contributed by atoms with Crippen molar-refractivity contribution >= 4 is 29.2 Å². The lowest BCUT2D eigenvalue weighted by Crippen LogP contribution is -2.18. The van der Waals surface area contributed by atoms with E-state index < -0.39 is 47.5 Å². The summed E-state index contributed by atoms with van der Waals surface area (Å²) in [5.74, 6) is -1.93. The largest absolute Gasteiger partial charge is 0.495 e. The second-order valence-corrected chi connectivity index (χ2v) is 8.72. The number of methoxy groups -OCH3 is 1. The minimum atomic E-state index is -4.77. The zero-order chi connectivity index (χ0) is 27.1. The Bertz CT molecular complexity index is 1330. The lowest BCUT2D eigenvalue weighted by Gasteiger charge is -2.24. The van der Waals surface area contributed by atoms with E-state index in [1.54, 1.807) is 6.92 Å². The summed E-state index contributed by atoms with van der Waals surface area (Å²) >= 11 is 11.8. The Kier molecular flexibility index (Phi) is 7.37. The summed E-state index contributed by atoms with van der Waals surface area (Å²) < 4.78 is 86.9. The molecule has 0 aliphatic carbocycles. The first kappa shape index (κ1) is 27.1. The molecule has 0 spiro atoms. The standard InChI is InChI=1S/C23H18Cl2F5N3O4/c1-3-36-17(34)10-16-20-31-32-21(22(25,26)27)33(20)14-8-7-11(23(28,29)30)9-13(14)19(37-16)12-5-4-6-15(35-2)18(12)24/h4-9,16,19H,3,10H2,1-2H3/t16-,19-/m1/s1. The van der Waals surface area contributed by atoms with Gasteiger partial charge in [-0.05, 0) is 42.8 Å². The zero-order valence-corrected chi connectivity index (χ0v) is 20.7. The lowest BCUT2D eigenvalue weighted by molar-refractivity contribution is -0.147. The monoisotopic (exact) mass is 565 g/mol. The van der Waals surface area contributed by atoms with E-state index in [2.05, 4.69) is 10.2 Å². The fourth-order valence-electron chi connectivity index (χ4n) is 4.01. The van der Waals surface area contributed by atoms with Crippen LogP contribution in [0.25, 0.3) is 5.69 Å². The van der Waals surface area contributed by atoms with Crippen LogP contribution < -0.4 is 4.74 Å². The van der Waals surface area contributed by atoms with E-state index in [1.165, 1.54) is 25.3 Å². The third-order valence-electron chi connectivity index (χ3n) is 5.56. The summed E-state index contributed by atoms with van der Waals surface area (Å²) in [6.45, 7) is 1.58. The summed E-state index contributed by atoms with van der Waals surface area (Å²) in [7, 11) is 1.34. The summed E-state index contributed by atoms with van der Waals surface area (Å²) in [6.07, 6.45) is -8.05. The fourth-order valence-corrected chi connectivity index (χ4v) is 4.43. The Hall–Kier alpha value is -2.96. The van der Waals surface area contributed by atoms with Crippen molar-refractivity contribution in [1.82, 2.24) is 14.8 Å². The van der Waals surface area contributed by atoms with Gasteiger partial charge in [0.25, 0.3) is 0 Å². The SMILES string of the molecule is CCOC(=O)C[C@H]1O[C@H](c2cccc(OC)c2Cl)c2cc(C(F)(F)F)ccc2-n2c1nnc2C(F)(F)Cl. The zero-order valence-electron chi connectivity index (χ0n) is 19.2. The van der Waals surface area contributed by atoms with Crippen molar-refractivity contribution in [1.29, 1.82) is 0 Å². The van der Waals surface area contributed by atoms with Gasteiger partial charge in [0.1, 0.15) is 18.0 Å². The molecule has 0 saturated heterocycles. The van der Waals surface area contributed by atoms with Crippen molar-refractivity contribution in [3.8, 4) is 11.4 Å². The molecule has 2 heterocycles. The predicted molar refractivity (Wildman–Crippen MR) is 121 cm³/mol. The van der Waals surface area contributed by atoms with Gasteiger partial charge >= 0.3 is 17.5 Å². The van der Waals surface area contributed by atoms with Crippen molar-refractivity contribution in [3.63, 3.8) is 0 Å². The Labute approximate surface area is 217 Å². The highest BCUT2D eigenvalue weighted by molar-refractivity contribution is 6.33. The Morgan fingerprint density at radius 2 is 1.86 bits per heavy atom. The number of aromatic nitrogens is 3. The van der Waals surface area contributed by atoms with Crippen molar-refractivity contribution in [3.05, 3.63) is 69.8 Å². The molecule has 37 heavy (non-hydrogen) atoms. The molecule has 2 aromatic carbocycles. The number of carbonyl (C=O) groups excluding carboxylic acids is 1. The van der Waals surface area contributed by atoms with Gasteiger partial charge in [0.2, 0.25) is 5.82 Å². The second-order valence-electron chi connectivity index (χ2n) is 7.86. The van der Waals surface area contributed by atoms with Crippen LogP contribution in [-0.4, -0.2) is 34.5 Å². The molecule has 0 radical (unpaired) electrons. The van der Waals surface area contributed by atoms with E-state index in [0.29, 0.717) is 6.07 Å². The van der Waals surface area contributed by atoms with Crippen molar-refractivity contribution in [2.75, 3.05) is 13.7 Å². The molecule has 7 nitrogen and oxygen atoms in total. The van der Waals surface area contributed by atoms with Crippen LogP contribution in [0, 0.1) is 0 Å². The first-order valence-electron chi connectivity index (χ1n) is 10.7. The van der Waals surface area contributed by atoms with Crippen LogP contribution in [0.3, 0.4) is 0 Å². The molecule has 0 amide bonds. The van der Waals surface area contributed by atoms with E-state index in [9.17, 15) is 26.7 Å². The molecule has 198 valence electrons. The van der Waals surface area contributed by atoms with Crippen LogP contribution in [0.15, 0.2) is 36.4 Å². The number of fused-ring (bicyclic) bond motifs is 3. The summed E-state index contributed by atoms with van der Waals surface area (Å²) in [6, 6.07) is 6.98. The first-order chi connectivity index (χ1) is 17.4. The molecular weight excluding hydrogens is 548 g/mol. The molecular formula is C23H18Cl2F5N3O4. The van der Waals surface area contributed by atoms with Gasteiger partial charge in [-0.3, -0.25) is 9.36 Å². The van der Waals surface area contributed by atoms with Gasteiger partial charge in [-0.15, -0.1) is 10.2 Å². The highest BCUT2D eigenvalue weighted by atomic mass is 35.5. The van der Waals surface area contributed by atoms with Crippen LogP contribution in [0.2, 0.25) is 5.02 Å². The maximum absolute atomic E-state index is 14.4. The van der Waals surface area contributed by atoms with Crippen LogP contribution in [0.4, 0.5) is 22.0 Å². The number of carbonyl (C=O) groups is 1. The van der Waals surface area contributed by atoms with Crippen LogP contribution >= 0.6 is 23.2 Å². The summed E-state index contributed by atoms with van der Waals surface area (Å²) in [4.78, 5) is 12.4. The number of benzene rings is 2. The van der Waals surface area contributed by atoms with E-state index >= 15 is 0 Å². The molecule has 0 bridgehead atoms. The maximum atomic E-state index is 14.4. The summed E-state index contributed by atoms with van der Waals surface area (Å²) in [5, 5.41) is 3.17. The van der Waals surface area contributed by atoms with Crippen LogP contribution in [0.1, 0.15) is 53.9 Å². The number of esters is 1. The Balaban J connectivity index is 2.03. The second kappa shape index (κ2) is 10.1. The van der Waals surface area contributed by atoms with Gasteiger partial charge in [-0.1, -0.05) is 23.7 Å². The lowest BCUT2D eigenvalue weighted by atomic mass is 9.97. The molecule has 0 unspecified atom stereocenters. The molecule has 3 aromatic rings. The van der Waals surface area contributed by atoms with Gasteiger partial charge in [0.05, 0.1) is 36.4 Å². The van der Waals surface area contributed by atoms with Gasteiger partial charge < -0.3 is 14.2 Å². The minimum Gasteiger partial charge on any atom is -0.495 e. The molecule has 1 aliphatic rings. The molecule has 1 aliphatic heterocycles. The first-order valence-corrected chi connectivity index (χ1v) is 11.5. The molecule has 4 rings (SSSR count). The van der Waals surface area contributed by atoms with E-state index in [0.717, 1.165) is 16.7 Å². The average Bonchev–Trinajstić information content (AvgIpc) is 3.22. The molecule has 0 N–H and O–H groups in total. The van der Waals surface area contributed by atoms with Crippen LogP contribution in [0.5, 0.6) is 5.75 Å². The van der Waals surface area contributed by atoms with E-state index in [1.807, 2.05) is 0 Å². The van der Waals surface area contributed by atoms with E-state index in [4.69, 9.17) is 37.4 Å². The number of ether oxygens (including phenoxy) is 3. The molecule has 14 heteroatoms. The van der Waals surface area contributed by atoms with Gasteiger partial charge in [0.15, 0.2) is 5.82 Å². The van der Waals surface area contributed by atoms with Crippen molar-refractivity contribution in [2.45, 2.75) is 37.1 Å². The fraction of sp³-hybridized carbons (Fsp3) is 0.348. The topological polar surface area (TPSA) is 75.5 Å². The maximum Gasteiger partial charge on any atom is 0.416 e. The van der Waals surface area contributed by atoms with Crippen LogP contribution in [-0.2, 0) is 25.8 Å². The van der Waals surface area contributed by atoms with Gasteiger partial charge in [-0.25, -0.2) is 0 Å². The number of nitrogens with zero attached hydrogens (tertiary/aromatic N) is 3. The number of hydrogen-bond donors (Lipinski definition) is 0. The van der Waals surface area contributed by atoms with Gasteiger partial charge in [0, 0.05) is 11.1 Å². The molecule has 1 aromatic heterocycles. The van der Waals surface area contributed by atoms with Crippen molar-refractivity contribution in [2.24, 2.45) is 0 Å². The van der Waals surface area contributed by atoms with Crippen molar-refractivity contribution < 1.29 is 41.0 Å². The normalized spacial score (nSPS) is 17.5. The quantitative estimate of drug-likeness (QED) is 0.197. The number of hydrogen-bond acceptors (Lipinski definition) is 6. The summed E-state index contributed by atoms with van der Waals surface area (Å²) in [5.41, 5.74) is -1.28. The smallest absolute Gasteiger partial charge is 0.416 e. The minimum absolute atomic E-state index is 0.00816. The molecule has 0 fully saturated rings. The predicted octanol–water partition coefficient (Wildman–Crippen LogP) is 6.35. The molecule has 0 saturated carbocycles. The highest BCUT2D eigenvalue weighted by Gasteiger charge is 2.43. The Morgan fingerprint density at radius 1 is 1.14 bits per heavy atom. The van der Waals surface area contributed by atoms with Gasteiger partial charge in [-0.2, -0.15) is 22.0 Å². The highest BCUT2D eigenvalue weighted by Crippen LogP contribution is 2.47. The molecule has 2 atom stereocenters. The number of alkyl halides is 6. The Morgan fingerprint density at radius 3 is 2.49 bits per heavy atom. The number of halogens is 7. The third kappa shape index (κ3) is 5.23. The third-order valence-corrected chi connectivity index (χ3v) is 6.13. The number of rotatable bonds is 6. The van der Waals surface area contributed by atoms with E-state index in [-0.39, 0.29) is 40.0 Å².